The molecule has 4 aliphatic rings. The first-order valence-electron chi connectivity index (χ1n) is 22.2. The zero-order valence-corrected chi connectivity index (χ0v) is 39.0. The van der Waals surface area contributed by atoms with E-state index >= 15 is 9.59 Å². The Bertz CT molecular complexity index is 2470. The summed E-state index contributed by atoms with van der Waals surface area (Å²) in [4.78, 5) is 85.1. The van der Waals surface area contributed by atoms with Crippen LogP contribution in [0, 0.1) is 16.7 Å². The first-order chi connectivity index (χ1) is 31.4. The second kappa shape index (κ2) is 17.9. The molecule has 67 heavy (non-hydrogen) atoms. The molecule has 1 aromatic heterocycles. The molecule has 0 radical (unpaired) electrons. The molecule has 358 valence electrons. The Balaban J connectivity index is 1.39. The van der Waals surface area contributed by atoms with Gasteiger partial charge in [-0.15, -0.1) is 0 Å². The number of Topliss-reactive ketones (excluding diaryl/α,β-unsaturated/α-hetero) is 1. The van der Waals surface area contributed by atoms with Crippen molar-refractivity contribution in [2.24, 2.45) is 23.8 Å². The van der Waals surface area contributed by atoms with Crippen LogP contribution in [0.5, 0.6) is 0 Å². The highest BCUT2D eigenvalue weighted by Gasteiger charge is 2.78. The number of hydrogen-bond acceptors (Lipinski definition) is 15. The van der Waals surface area contributed by atoms with Crippen LogP contribution in [0.25, 0.3) is 0 Å². The number of esters is 4. The number of aliphatic hydroxyl groups is 3. The van der Waals surface area contributed by atoms with Gasteiger partial charge in [-0.2, -0.15) is 0 Å². The Labute approximate surface area is 388 Å². The number of pyridine rings is 1. The summed E-state index contributed by atoms with van der Waals surface area (Å²) < 4.78 is 37.8. The predicted molar refractivity (Wildman–Crippen MR) is 234 cm³/mol. The lowest BCUT2D eigenvalue weighted by Crippen LogP contribution is -2.81. The van der Waals surface area contributed by atoms with Gasteiger partial charge in [0.1, 0.15) is 54.3 Å². The molecular formula is C50H59N2O15+. The van der Waals surface area contributed by atoms with Crippen LogP contribution in [-0.2, 0) is 49.9 Å². The minimum Gasteiger partial charge on any atom is -0.455 e. The second-order valence-electron chi connectivity index (χ2n) is 19.7. The maximum absolute atomic E-state index is 15.2. The maximum Gasteiger partial charge on any atom is 0.408 e. The van der Waals surface area contributed by atoms with E-state index in [0.29, 0.717) is 5.56 Å². The van der Waals surface area contributed by atoms with Gasteiger partial charge in [0.15, 0.2) is 23.8 Å². The third-order valence-corrected chi connectivity index (χ3v) is 14.0. The van der Waals surface area contributed by atoms with Crippen LogP contribution >= 0.6 is 0 Å². The van der Waals surface area contributed by atoms with Crippen molar-refractivity contribution in [3.63, 3.8) is 0 Å². The Morgan fingerprint density at radius 2 is 1.52 bits per heavy atom. The standard InChI is InChI=1S/C50H58N2O15/c1-27-32(63-44(59)38(64-43(58)31-21-16-22-52(9)25-31)36(29-17-12-10-13-18-29)51-45(60)67-46(3,4)5)24-50(61)41(65-42(57)30-19-14-11-15-20-30)39-48(8,40(56)37(55)35(27)47(50,6)7)33(54)23-34-49(39,26-62-34)66-28(2)53/h10-22,25,32-34,36-39,41,54-55,61H,23-24,26H2,1-9H3/p+1/t32-,33-,34+,36-,37+,38+,39?,41?,48+,49-,50+/m0/s1. The van der Waals surface area contributed by atoms with E-state index < -0.39 is 118 Å². The van der Waals surface area contributed by atoms with Gasteiger partial charge >= 0.3 is 30.0 Å². The fourth-order valence-electron chi connectivity index (χ4n) is 10.6. The lowest BCUT2D eigenvalue weighted by molar-refractivity contribution is -0.671. The zero-order valence-electron chi connectivity index (χ0n) is 39.0. The molecule has 3 aromatic rings. The van der Waals surface area contributed by atoms with E-state index in [1.807, 2.05) is 0 Å². The average Bonchev–Trinajstić information content (AvgIpc) is 3.25. The number of aromatic nitrogens is 1. The van der Waals surface area contributed by atoms with E-state index in [4.69, 9.17) is 28.4 Å². The van der Waals surface area contributed by atoms with Crippen molar-refractivity contribution >= 4 is 35.8 Å². The van der Waals surface area contributed by atoms with Crippen LogP contribution in [-0.4, -0.2) is 111 Å². The van der Waals surface area contributed by atoms with Crippen LogP contribution in [0.4, 0.5) is 4.79 Å². The Hall–Kier alpha value is -6.01. The highest BCUT2D eigenvalue weighted by atomic mass is 16.6. The van der Waals surface area contributed by atoms with Gasteiger partial charge in [0.25, 0.3) is 0 Å². The SMILES string of the molecule is CC(=O)O[C@@]12CO[C@@H]1C[C@H](O)[C@@]1(C)C(=O)[C@H](O)C3=C(C)[C@@H](OC(=O)[C@H](OC(=O)c4ccc[n+](C)c4)[C@@H](NC(=O)OC(C)(C)C)c4ccccc4)C[C@@](O)(C(OC(=O)c4ccccc4)C12)C3(C)C. The Kier molecular flexibility index (Phi) is 13.1. The van der Waals surface area contributed by atoms with Crippen molar-refractivity contribution < 1.29 is 77.1 Å². The number of aliphatic hydroxyl groups excluding tert-OH is 2. The molecule has 1 aliphatic heterocycles. The number of nitrogens with zero attached hydrogens (tertiary/aromatic N) is 1. The molecule has 2 heterocycles. The minimum absolute atomic E-state index is 0.0450. The smallest absolute Gasteiger partial charge is 0.408 e. The van der Waals surface area contributed by atoms with E-state index in [0.717, 1.165) is 6.92 Å². The van der Waals surface area contributed by atoms with E-state index in [2.05, 4.69) is 5.32 Å². The summed E-state index contributed by atoms with van der Waals surface area (Å²) in [6, 6.07) is 17.6. The molecule has 1 saturated heterocycles. The summed E-state index contributed by atoms with van der Waals surface area (Å²) in [6.45, 7) is 11.7. The molecule has 2 saturated carbocycles. The van der Waals surface area contributed by atoms with Gasteiger partial charge in [-0.25, -0.2) is 23.7 Å². The largest absolute Gasteiger partial charge is 0.455 e. The van der Waals surface area contributed by atoms with Crippen molar-refractivity contribution in [1.82, 2.24) is 5.32 Å². The monoisotopic (exact) mass is 927 g/mol. The van der Waals surface area contributed by atoms with E-state index in [1.54, 1.807) is 107 Å². The summed E-state index contributed by atoms with van der Waals surface area (Å²) >= 11 is 0. The lowest BCUT2D eigenvalue weighted by atomic mass is 9.44. The third kappa shape index (κ3) is 8.73. The van der Waals surface area contributed by atoms with Crippen LogP contribution < -0.4 is 9.88 Å². The molecule has 2 unspecified atom stereocenters. The number of carbonyl (C=O) groups excluding carboxylic acids is 6. The normalized spacial score (nSPS) is 30.6. The number of fused-ring (bicyclic) bond motifs is 5. The summed E-state index contributed by atoms with van der Waals surface area (Å²) in [7, 11) is 1.68. The maximum atomic E-state index is 15.2. The molecule has 2 aromatic carbocycles. The van der Waals surface area contributed by atoms with Crippen molar-refractivity contribution in [2.45, 2.75) is 128 Å². The molecule has 17 nitrogen and oxygen atoms in total. The predicted octanol–water partition coefficient (Wildman–Crippen LogP) is 3.95. The number of alkyl carbamates (subject to hydrolysis) is 1. The molecule has 11 atom stereocenters. The Morgan fingerprint density at radius 1 is 0.896 bits per heavy atom. The van der Waals surface area contributed by atoms with Crippen molar-refractivity contribution in [1.29, 1.82) is 0 Å². The van der Waals surface area contributed by atoms with Gasteiger partial charge in [-0.1, -0.05) is 62.4 Å². The summed E-state index contributed by atoms with van der Waals surface area (Å²) in [5, 5.41) is 40.8. The van der Waals surface area contributed by atoms with Gasteiger partial charge in [0, 0.05) is 31.2 Å². The molecule has 17 heteroatoms. The Morgan fingerprint density at radius 3 is 2.10 bits per heavy atom. The summed E-state index contributed by atoms with van der Waals surface area (Å²) in [5.74, 6) is -6.42. The van der Waals surface area contributed by atoms with E-state index in [9.17, 15) is 34.5 Å². The number of aryl methyl sites for hydroxylation is 1. The number of amides is 1. The van der Waals surface area contributed by atoms with Crippen molar-refractivity contribution in [2.75, 3.05) is 6.61 Å². The summed E-state index contributed by atoms with van der Waals surface area (Å²) in [5.41, 5.74) is -8.49. The summed E-state index contributed by atoms with van der Waals surface area (Å²) in [6.07, 6.45) is -8.61. The highest BCUT2D eigenvalue weighted by Crippen LogP contribution is 2.64. The highest BCUT2D eigenvalue weighted by molar-refractivity contribution is 5.94. The molecule has 7 rings (SSSR count). The third-order valence-electron chi connectivity index (χ3n) is 14.0. The minimum atomic E-state index is -2.42. The fourth-order valence-corrected chi connectivity index (χ4v) is 10.6. The van der Waals surface area contributed by atoms with Gasteiger partial charge in [-0.05, 0) is 69.5 Å². The molecular weight excluding hydrogens is 869 g/mol. The van der Waals surface area contributed by atoms with E-state index in [-0.39, 0.29) is 35.3 Å². The average molecular weight is 928 g/mol. The van der Waals surface area contributed by atoms with E-state index in [1.165, 1.54) is 38.2 Å². The second-order valence-corrected chi connectivity index (χ2v) is 19.7. The van der Waals surface area contributed by atoms with Crippen LogP contribution in [0.2, 0.25) is 0 Å². The zero-order chi connectivity index (χ0) is 49.0. The van der Waals surface area contributed by atoms with Crippen LogP contribution in [0.15, 0.2) is 96.3 Å². The topological polar surface area (TPSA) is 234 Å². The number of rotatable bonds is 10. The van der Waals surface area contributed by atoms with Crippen LogP contribution in [0.3, 0.4) is 0 Å². The fraction of sp³-hybridized carbons (Fsp3) is 0.500. The van der Waals surface area contributed by atoms with Gasteiger partial charge in [0.2, 0.25) is 6.10 Å². The molecule has 4 N–H and O–H groups in total. The van der Waals surface area contributed by atoms with Crippen LogP contribution in [0.1, 0.15) is 101 Å². The number of ketones is 1. The molecule has 0 spiro atoms. The van der Waals surface area contributed by atoms with Gasteiger partial charge < -0.3 is 49.1 Å². The van der Waals surface area contributed by atoms with Crippen molar-refractivity contribution in [3.8, 4) is 0 Å². The number of ether oxygens (including phenoxy) is 6. The number of hydrogen-bond donors (Lipinski definition) is 4. The molecule has 3 aliphatic carbocycles. The molecule has 2 bridgehead atoms. The lowest BCUT2D eigenvalue weighted by Gasteiger charge is -2.67. The molecule has 3 fully saturated rings. The van der Waals surface area contributed by atoms with Crippen molar-refractivity contribution in [3.05, 3.63) is 113 Å². The first kappa shape index (κ1) is 48.9. The quantitative estimate of drug-likeness (QED) is 0.0976. The molecule has 1 amide bonds. The number of nitrogens with one attached hydrogen (secondary N) is 1. The van der Waals surface area contributed by atoms with Gasteiger partial charge in [-0.3, -0.25) is 9.59 Å². The first-order valence-corrected chi connectivity index (χ1v) is 22.2. The number of carbonyl (C=O) groups is 6. The van der Waals surface area contributed by atoms with Gasteiger partial charge in [0.05, 0.1) is 29.6 Å². The number of benzene rings is 2.